The fourth-order valence-electron chi connectivity index (χ4n) is 1.10. The van der Waals surface area contributed by atoms with Crippen molar-refractivity contribution in [1.82, 2.24) is 0 Å². The van der Waals surface area contributed by atoms with Gasteiger partial charge in [-0.1, -0.05) is 0 Å². The molecule has 0 aromatic heterocycles. The average Bonchev–Trinajstić information content (AvgIpc) is 2.05. The van der Waals surface area contributed by atoms with Crippen molar-refractivity contribution < 1.29 is 14.6 Å². The number of rotatable bonds is 2. The first kappa shape index (κ1) is 7.69. The van der Waals surface area contributed by atoms with Crippen molar-refractivity contribution in [2.75, 3.05) is 13.2 Å². The summed E-state index contributed by atoms with van der Waals surface area (Å²) in [5.74, 6) is -0.181. The van der Waals surface area contributed by atoms with E-state index in [1.807, 2.05) is 0 Å². The normalized spacial score (nSPS) is 26.3. The van der Waals surface area contributed by atoms with Gasteiger partial charge in [-0.3, -0.25) is 4.79 Å². The van der Waals surface area contributed by atoms with Crippen LogP contribution in [0, 0.1) is 0 Å². The number of hydrogen-bond donors (Lipinski definition) is 1. The first-order chi connectivity index (χ1) is 4.84. The summed E-state index contributed by atoms with van der Waals surface area (Å²) in [6.45, 7) is 0.279. The molecule has 0 aromatic carbocycles. The maximum Gasteiger partial charge on any atom is 0.186 e. The SMILES string of the molecule is O=C(CO)C1CCCCO1. The lowest BCUT2D eigenvalue weighted by molar-refractivity contribution is -0.135. The molecule has 0 saturated carbocycles. The van der Waals surface area contributed by atoms with E-state index in [4.69, 9.17) is 9.84 Å². The van der Waals surface area contributed by atoms with Gasteiger partial charge in [0.15, 0.2) is 5.78 Å². The van der Waals surface area contributed by atoms with Gasteiger partial charge in [0.25, 0.3) is 0 Å². The number of ketones is 1. The van der Waals surface area contributed by atoms with E-state index in [0.29, 0.717) is 6.61 Å². The highest BCUT2D eigenvalue weighted by atomic mass is 16.5. The third-order valence-electron chi connectivity index (χ3n) is 1.69. The molecule has 10 heavy (non-hydrogen) atoms. The van der Waals surface area contributed by atoms with Gasteiger partial charge >= 0.3 is 0 Å². The minimum absolute atomic E-state index is 0.181. The molecule has 1 heterocycles. The zero-order valence-electron chi connectivity index (χ0n) is 5.88. The second-order valence-corrected chi connectivity index (χ2v) is 2.48. The lowest BCUT2D eigenvalue weighted by Gasteiger charge is -2.20. The van der Waals surface area contributed by atoms with Crippen LogP contribution >= 0.6 is 0 Å². The van der Waals surface area contributed by atoms with Crippen LogP contribution in [0.15, 0.2) is 0 Å². The summed E-state index contributed by atoms with van der Waals surface area (Å²) >= 11 is 0. The number of carbonyl (C=O) groups excluding carboxylic acids is 1. The van der Waals surface area contributed by atoms with Crippen molar-refractivity contribution >= 4 is 5.78 Å². The van der Waals surface area contributed by atoms with Gasteiger partial charge in [0.1, 0.15) is 12.7 Å². The van der Waals surface area contributed by atoms with Crippen molar-refractivity contribution in [2.24, 2.45) is 0 Å². The number of ether oxygens (including phenoxy) is 1. The fraction of sp³-hybridized carbons (Fsp3) is 0.857. The molecule has 3 nitrogen and oxygen atoms in total. The predicted molar refractivity (Wildman–Crippen MR) is 35.7 cm³/mol. The molecule has 0 aliphatic carbocycles. The van der Waals surface area contributed by atoms with Crippen LogP contribution in [-0.4, -0.2) is 30.2 Å². The summed E-state index contributed by atoms with van der Waals surface area (Å²) in [5.41, 5.74) is 0. The molecule has 0 amide bonds. The second kappa shape index (κ2) is 3.68. The van der Waals surface area contributed by atoms with Crippen molar-refractivity contribution in [2.45, 2.75) is 25.4 Å². The summed E-state index contributed by atoms with van der Waals surface area (Å²) < 4.78 is 5.12. The summed E-state index contributed by atoms with van der Waals surface area (Å²) in [6, 6.07) is 0. The van der Waals surface area contributed by atoms with Gasteiger partial charge < -0.3 is 9.84 Å². The van der Waals surface area contributed by atoms with Gasteiger partial charge in [0, 0.05) is 6.61 Å². The van der Waals surface area contributed by atoms with Gasteiger partial charge in [-0.05, 0) is 19.3 Å². The van der Waals surface area contributed by atoms with Gasteiger partial charge in [0.2, 0.25) is 0 Å². The Kier molecular flexibility index (Phi) is 2.83. The molecular formula is C7H12O3. The van der Waals surface area contributed by atoms with E-state index in [1.54, 1.807) is 0 Å². The molecule has 1 aliphatic heterocycles. The van der Waals surface area contributed by atoms with E-state index in [1.165, 1.54) is 0 Å². The molecule has 0 radical (unpaired) electrons. The Labute approximate surface area is 60.0 Å². The maximum absolute atomic E-state index is 10.8. The highest BCUT2D eigenvalue weighted by Crippen LogP contribution is 2.12. The molecule has 1 fully saturated rings. The highest BCUT2D eigenvalue weighted by Gasteiger charge is 2.20. The molecule has 0 bridgehead atoms. The van der Waals surface area contributed by atoms with Crippen LogP contribution < -0.4 is 0 Å². The Morgan fingerprint density at radius 1 is 1.60 bits per heavy atom. The topological polar surface area (TPSA) is 46.5 Å². The van der Waals surface area contributed by atoms with Crippen LogP contribution in [0.3, 0.4) is 0 Å². The van der Waals surface area contributed by atoms with E-state index in [2.05, 4.69) is 0 Å². The first-order valence-electron chi connectivity index (χ1n) is 3.60. The molecular weight excluding hydrogens is 132 g/mol. The van der Waals surface area contributed by atoms with Crippen LogP contribution in [0.4, 0.5) is 0 Å². The Morgan fingerprint density at radius 3 is 2.90 bits per heavy atom. The molecule has 1 saturated heterocycles. The monoisotopic (exact) mass is 144 g/mol. The van der Waals surface area contributed by atoms with E-state index < -0.39 is 0 Å². The standard InChI is InChI=1S/C7H12O3/c8-5-6(9)7-3-1-2-4-10-7/h7-8H,1-5H2. The predicted octanol–water partition coefficient (Wildman–Crippen LogP) is 0.117. The van der Waals surface area contributed by atoms with Crippen LogP contribution in [0.2, 0.25) is 0 Å². The van der Waals surface area contributed by atoms with Crippen molar-refractivity contribution in [3.63, 3.8) is 0 Å². The smallest absolute Gasteiger partial charge is 0.186 e. The number of aliphatic hydroxyl groups is 1. The van der Waals surface area contributed by atoms with Gasteiger partial charge in [0.05, 0.1) is 0 Å². The quantitative estimate of drug-likeness (QED) is 0.598. The van der Waals surface area contributed by atoms with E-state index in [-0.39, 0.29) is 18.5 Å². The van der Waals surface area contributed by atoms with E-state index in [0.717, 1.165) is 19.3 Å². The first-order valence-corrected chi connectivity index (χ1v) is 3.60. The van der Waals surface area contributed by atoms with Crippen LogP contribution in [0.1, 0.15) is 19.3 Å². The molecule has 1 unspecified atom stereocenters. The molecule has 1 aliphatic rings. The summed E-state index contributed by atoms with van der Waals surface area (Å²) in [6.07, 6.45) is 2.53. The van der Waals surface area contributed by atoms with E-state index in [9.17, 15) is 4.79 Å². The molecule has 1 rings (SSSR count). The van der Waals surface area contributed by atoms with Crippen molar-refractivity contribution in [3.8, 4) is 0 Å². The fourth-order valence-corrected chi connectivity index (χ4v) is 1.10. The summed E-state index contributed by atoms with van der Waals surface area (Å²) in [5, 5.41) is 8.46. The Balaban J connectivity index is 2.31. The Hall–Kier alpha value is -0.410. The minimum atomic E-state index is -0.384. The maximum atomic E-state index is 10.8. The van der Waals surface area contributed by atoms with Crippen molar-refractivity contribution in [3.05, 3.63) is 0 Å². The van der Waals surface area contributed by atoms with Crippen molar-refractivity contribution in [1.29, 1.82) is 0 Å². The van der Waals surface area contributed by atoms with Gasteiger partial charge in [-0.25, -0.2) is 0 Å². The average molecular weight is 144 g/mol. The Bertz CT molecular complexity index is 116. The number of Topliss-reactive ketones (excluding diaryl/α,β-unsaturated/α-hetero) is 1. The molecule has 0 spiro atoms. The third kappa shape index (κ3) is 1.78. The number of hydrogen-bond acceptors (Lipinski definition) is 3. The lowest BCUT2D eigenvalue weighted by atomic mass is 10.1. The third-order valence-corrected chi connectivity index (χ3v) is 1.69. The largest absolute Gasteiger partial charge is 0.388 e. The minimum Gasteiger partial charge on any atom is -0.388 e. The second-order valence-electron chi connectivity index (χ2n) is 2.48. The van der Waals surface area contributed by atoms with Crippen LogP contribution in [0.5, 0.6) is 0 Å². The molecule has 1 atom stereocenters. The van der Waals surface area contributed by atoms with Gasteiger partial charge in [-0.15, -0.1) is 0 Å². The van der Waals surface area contributed by atoms with Gasteiger partial charge in [-0.2, -0.15) is 0 Å². The molecule has 0 aromatic rings. The highest BCUT2D eigenvalue weighted by molar-refractivity contribution is 5.84. The molecule has 58 valence electrons. The molecule has 3 heteroatoms. The number of carbonyl (C=O) groups is 1. The number of aliphatic hydroxyl groups excluding tert-OH is 1. The summed E-state index contributed by atoms with van der Waals surface area (Å²) in [4.78, 5) is 10.8. The zero-order valence-corrected chi connectivity index (χ0v) is 5.88. The molecule has 1 N–H and O–H groups in total. The van der Waals surface area contributed by atoms with E-state index >= 15 is 0 Å². The zero-order chi connectivity index (χ0) is 7.40. The van der Waals surface area contributed by atoms with Crippen LogP contribution in [0.25, 0.3) is 0 Å². The Morgan fingerprint density at radius 2 is 2.40 bits per heavy atom. The summed E-state index contributed by atoms with van der Waals surface area (Å²) in [7, 11) is 0. The van der Waals surface area contributed by atoms with Crippen LogP contribution in [-0.2, 0) is 9.53 Å². The lowest BCUT2D eigenvalue weighted by Crippen LogP contribution is -2.30.